The molecule has 2 heterocycles. The number of anilines is 1. The van der Waals surface area contributed by atoms with Gasteiger partial charge in [-0.3, -0.25) is 9.59 Å². The molecule has 1 amide bonds. The molecule has 0 radical (unpaired) electrons. The molecule has 1 N–H and O–H groups in total. The minimum absolute atomic E-state index is 0.0636. The lowest BCUT2D eigenvalue weighted by molar-refractivity contribution is -0.114. The molecule has 5 aromatic rings. The molecular formula is C26H19FN4O3. The first kappa shape index (κ1) is 21.3. The molecule has 5 rings (SSSR count). The lowest BCUT2D eigenvalue weighted by Gasteiger charge is -2.14. The van der Waals surface area contributed by atoms with Crippen molar-refractivity contribution in [3.05, 3.63) is 95.0 Å². The summed E-state index contributed by atoms with van der Waals surface area (Å²) in [5.41, 5.74) is 2.81. The number of carbonyl (C=O) groups is 1. The van der Waals surface area contributed by atoms with Crippen LogP contribution >= 0.6 is 0 Å². The summed E-state index contributed by atoms with van der Waals surface area (Å²) in [7, 11) is 0. The maximum absolute atomic E-state index is 14.9. The van der Waals surface area contributed by atoms with Crippen LogP contribution in [0.5, 0.6) is 0 Å². The molecule has 34 heavy (non-hydrogen) atoms. The number of hydrogen-bond donors (Lipinski definition) is 1. The van der Waals surface area contributed by atoms with E-state index in [9.17, 15) is 14.0 Å². The van der Waals surface area contributed by atoms with Crippen LogP contribution in [0.2, 0.25) is 0 Å². The van der Waals surface area contributed by atoms with Gasteiger partial charge in [-0.2, -0.15) is 9.78 Å². The lowest BCUT2D eigenvalue weighted by Crippen LogP contribution is -2.23. The summed E-state index contributed by atoms with van der Waals surface area (Å²) in [6, 6.07) is 16.9. The fraction of sp³-hybridized carbons (Fsp3) is 0.0769. The second-order valence-electron chi connectivity index (χ2n) is 7.91. The fourth-order valence-electron chi connectivity index (χ4n) is 3.94. The van der Waals surface area contributed by atoms with Crippen molar-refractivity contribution >= 4 is 22.4 Å². The van der Waals surface area contributed by atoms with E-state index >= 15 is 0 Å². The molecule has 8 heteroatoms. The van der Waals surface area contributed by atoms with Gasteiger partial charge in [-0.05, 0) is 55.0 Å². The Morgan fingerprint density at radius 2 is 1.79 bits per heavy atom. The molecule has 0 spiro atoms. The Morgan fingerprint density at radius 3 is 2.53 bits per heavy atom. The van der Waals surface area contributed by atoms with Crippen molar-refractivity contribution in [2.75, 3.05) is 5.32 Å². The van der Waals surface area contributed by atoms with Gasteiger partial charge >= 0.3 is 0 Å². The average Bonchev–Trinajstić information content (AvgIpc) is 3.35. The third-order valence-corrected chi connectivity index (χ3v) is 5.37. The van der Waals surface area contributed by atoms with Gasteiger partial charge in [0.25, 0.3) is 5.56 Å². The normalized spacial score (nSPS) is 11.0. The number of amides is 1. The Morgan fingerprint density at radius 1 is 1.03 bits per heavy atom. The van der Waals surface area contributed by atoms with E-state index in [-0.39, 0.29) is 11.6 Å². The zero-order valence-corrected chi connectivity index (χ0v) is 18.4. The van der Waals surface area contributed by atoms with Crippen molar-refractivity contribution in [1.82, 2.24) is 14.8 Å². The molecule has 0 atom stereocenters. The first-order valence-electron chi connectivity index (χ1n) is 10.5. The molecule has 168 valence electrons. The fourth-order valence-corrected chi connectivity index (χ4v) is 3.94. The molecule has 0 fully saturated rings. The molecule has 0 unspecified atom stereocenters. The topological polar surface area (TPSA) is 90.0 Å². The summed E-state index contributed by atoms with van der Waals surface area (Å²) in [5, 5.41) is 8.23. The minimum atomic E-state index is -0.642. The Bertz CT molecular complexity index is 1610. The van der Waals surface area contributed by atoms with Crippen molar-refractivity contribution < 1.29 is 13.6 Å². The molecule has 0 bridgehead atoms. The second kappa shape index (κ2) is 8.40. The Labute approximate surface area is 193 Å². The summed E-state index contributed by atoms with van der Waals surface area (Å²) >= 11 is 0. The van der Waals surface area contributed by atoms with Gasteiger partial charge in [0.05, 0.1) is 17.3 Å². The summed E-state index contributed by atoms with van der Waals surface area (Å²) < 4.78 is 21.4. The van der Waals surface area contributed by atoms with E-state index in [1.54, 1.807) is 18.3 Å². The number of nitrogens with one attached hydrogen (secondary N) is 1. The summed E-state index contributed by atoms with van der Waals surface area (Å²) in [6.07, 6.45) is 2.98. The third-order valence-electron chi connectivity index (χ3n) is 5.37. The van der Waals surface area contributed by atoms with Crippen molar-refractivity contribution in [2.45, 2.75) is 13.8 Å². The molecule has 3 aromatic carbocycles. The number of halogens is 1. The number of oxazole rings is 1. The Balaban J connectivity index is 1.79. The van der Waals surface area contributed by atoms with Crippen LogP contribution in [0.1, 0.15) is 12.5 Å². The van der Waals surface area contributed by atoms with Gasteiger partial charge in [0.2, 0.25) is 5.91 Å². The Hall–Kier alpha value is -4.59. The first-order valence-corrected chi connectivity index (χ1v) is 10.5. The maximum atomic E-state index is 14.9. The van der Waals surface area contributed by atoms with Crippen LogP contribution in [-0.4, -0.2) is 20.7 Å². The number of nitrogens with zero attached hydrogens (tertiary/aromatic N) is 3. The molecule has 0 saturated heterocycles. The van der Waals surface area contributed by atoms with Crippen molar-refractivity contribution in [3.63, 3.8) is 0 Å². The van der Waals surface area contributed by atoms with Crippen LogP contribution in [0.4, 0.5) is 10.1 Å². The van der Waals surface area contributed by atoms with Crippen LogP contribution in [0.3, 0.4) is 0 Å². The highest BCUT2D eigenvalue weighted by Gasteiger charge is 2.17. The maximum Gasteiger partial charge on any atom is 0.279 e. The molecule has 0 saturated carbocycles. The number of rotatable bonds is 4. The second-order valence-corrected chi connectivity index (χ2v) is 7.91. The van der Waals surface area contributed by atoms with E-state index in [1.807, 2.05) is 37.3 Å². The average molecular weight is 454 g/mol. The van der Waals surface area contributed by atoms with Gasteiger partial charge in [0, 0.05) is 29.1 Å². The number of aromatic nitrogens is 3. The number of benzene rings is 3. The first-order chi connectivity index (χ1) is 16.4. The molecular weight excluding hydrogens is 435 g/mol. The highest BCUT2D eigenvalue weighted by Crippen LogP contribution is 2.31. The Kier molecular flexibility index (Phi) is 5.25. The molecule has 0 aliphatic carbocycles. The predicted molar refractivity (Wildman–Crippen MR) is 127 cm³/mol. The molecule has 2 aromatic heterocycles. The number of carbonyl (C=O) groups excluding carboxylic acids is 1. The standard InChI is InChI=1S/C26H19FN4O3/c1-15-9-17(24-13-28-14-34-24)11-18(10-15)25-20-5-3-4-6-21(20)26(33)31(30-25)23-12-19(29-16(2)32)7-8-22(23)27/h3-14H,1-2H3,(H,29,32). The largest absolute Gasteiger partial charge is 0.444 e. The van der Waals surface area contributed by atoms with Gasteiger partial charge < -0.3 is 9.73 Å². The van der Waals surface area contributed by atoms with E-state index < -0.39 is 11.4 Å². The van der Waals surface area contributed by atoms with E-state index in [2.05, 4.69) is 15.4 Å². The highest BCUT2D eigenvalue weighted by molar-refractivity contribution is 5.95. The molecule has 7 nitrogen and oxygen atoms in total. The van der Waals surface area contributed by atoms with Crippen molar-refractivity contribution in [1.29, 1.82) is 0 Å². The van der Waals surface area contributed by atoms with Crippen LogP contribution < -0.4 is 10.9 Å². The van der Waals surface area contributed by atoms with Gasteiger partial charge in [-0.25, -0.2) is 9.37 Å². The van der Waals surface area contributed by atoms with Gasteiger partial charge in [-0.1, -0.05) is 18.2 Å². The van der Waals surface area contributed by atoms with E-state index in [0.29, 0.717) is 27.9 Å². The minimum Gasteiger partial charge on any atom is -0.444 e. The number of aryl methyl sites for hydroxylation is 1. The van der Waals surface area contributed by atoms with Crippen molar-refractivity contribution in [2.24, 2.45) is 0 Å². The smallest absolute Gasteiger partial charge is 0.279 e. The van der Waals surface area contributed by atoms with Crippen LogP contribution in [0, 0.1) is 12.7 Å². The zero-order chi connectivity index (χ0) is 23.8. The number of fused-ring (bicyclic) bond motifs is 1. The highest BCUT2D eigenvalue weighted by atomic mass is 19.1. The van der Waals surface area contributed by atoms with E-state index in [1.165, 1.54) is 31.5 Å². The van der Waals surface area contributed by atoms with E-state index in [0.717, 1.165) is 21.4 Å². The third kappa shape index (κ3) is 3.86. The van der Waals surface area contributed by atoms with Crippen LogP contribution in [-0.2, 0) is 4.79 Å². The lowest BCUT2D eigenvalue weighted by atomic mass is 9.99. The van der Waals surface area contributed by atoms with Crippen molar-refractivity contribution in [3.8, 4) is 28.3 Å². The summed E-state index contributed by atoms with van der Waals surface area (Å²) in [4.78, 5) is 28.8. The van der Waals surface area contributed by atoms with Gasteiger partial charge in [0.15, 0.2) is 12.2 Å². The number of hydrogen-bond acceptors (Lipinski definition) is 5. The summed E-state index contributed by atoms with van der Waals surface area (Å²) in [6.45, 7) is 3.30. The van der Waals surface area contributed by atoms with E-state index in [4.69, 9.17) is 4.42 Å². The van der Waals surface area contributed by atoms with Gasteiger partial charge in [0.1, 0.15) is 11.5 Å². The molecule has 0 aliphatic heterocycles. The quantitative estimate of drug-likeness (QED) is 0.407. The monoisotopic (exact) mass is 454 g/mol. The van der Waals surface area contributed by atoms with Crippen LogP contribution in [0.25, 0.3) is 39.0 Å². The zero-order valence-electron chi connectivity index (χ0n) is 18.4. The summed E-state index contributed by atoms with van der Waals surface area (Å²) in [5.74, 6) is -0.357. The van der Waals surface area contributed by atoms with Gasteiger partial charge in [-0.15, -0.1) is 0 Å². The van der Waals surface area contributed by atoms with Crippen LogP contribution in [0.15, 0.2) is 82.5 Å². The predicted octanol–water partition coefficient (Wildman–Crippen LogP) is 5.11. The molecule has 0 aliphatic rings. The SMILES string of the molecule is CC(=O)Nc1ccc(F)c(-n2nc(-c3cc(C)cc(-c4cnco4)c3)c3ccccc3c2=O)c1.